The average molecular weight is 379 g/mol. The quantitative estimate of drug-likeness (QED) is 0.763. The molecule has 7 heteroatoms. The van der Waals surface area contributed by atoms with Crippen molar-refractivity contribution < 1.29 is 19.4 Å². The Bertz CT molecular complexity index is 746. The molecule has 1 saturated heterocycles. The lowest BCUT2D eigenvalue weighted by molar-refractivity contribution is -0.0248. The molecule has 1 aliphatic heterocycles. The Morgan fingerprint density at radius 1 is 1.19 bits per heavy atom. The fourth-order valence-corrected chi connectivity index (χ4v) is 3.18. The van der Waals surface area contributed by atoms with Crippen LogP contribution < -0.4 is 5.32 Å². The molecule has 0 radical (unpaired) electrons. The van der Waals surface area contributed by atoms with E-state index in [1.54, 1.807) is 17.0 Å². The standard InChI is InChI=1S/C19H23ClN2O4/c20-15-4-2-14(3-5-15)17-7-6-16(26-17)12-21-18(24)22-10-1-8-19(25,13-23)9-11-22/h2-7,23,25H,1,8-13H2,(H,21,24). The lowest BCUT2D eigenvalue weighted by atomic mass is 9.96. The van der Waals surface area contributed by atoms with Crippen LogP contribution in [-0.4, -0.2) is 46.4 Å². The molecule has 1 unspecified atom stereocenters. The van der Waals surface area contributed by atoms with Crippen molar-refractivity contribution in [2.45, 2.75) is 31.4 Å². The molecule has 26 heavy (non-hydrogen) atoms. The van der Waals surface area contributed by atoms with Gasteiger partial charge < -0.3 is 24.8 Å². The summed E-state index contributed by atoms with van der Waals surface area (Å²) in [6.45, 7) is 0.981. The Morgan fingerprint density at radius 2 is 1.96 bits per heavy atom. The summed E-state index contributed by atoms with van der Waals surface area (Å²) in [5.74, 6) is 1.37. The van der Waals surface area contributed by atoms with Gasteiger partial charge in [0.1, 0.15) is 11.5 Å². The zero-order chi connectivity index (χ0) is 18.6. The first kappa shape index (κ1) is 18.8. The second-order valence-electron chi connectivity index (χ2n) is 6.65. The van der Waals surface area contributed by atoms with Gasteiger partial charge in [-0.1, -0.05) is 11.6 Å². The molecule has 1 atom stereocenters. The van der Waals surface area contributed by atoms with Gasteiger partial charge in [-0.15, -0.1) is 0 Å². The maximum atomic E-state index is 12.4. The molecule has 0 aliphatic carbocycles. The van der Waals surface area contributed by atoms with Gasteiger partial charge >= 0.3 is 6.03 Å². The molecule has 1 aromatic carbocycles. The van der Waals surface area contributed by atoms with Crippen molar-refractivity contribution in [3.8, 4) is 11.3 Å². The Kier molecular flexibility index (Phi) is 5.86. The molecule has 0 saturated carbocycles. The van der Waals surface area contributed by atoms with Gasteiger partial charge in [0.25, 0.3) is 0 Å². The van der Waals surface area contributed by atoms with E-state index in [1.165, 1.54) is 0 Å². The van der Waals surface area contributed by atoms with Gasteiger partial charge in [0, 0.05) is 23.7 Å². The number of furan rings is 1. The van der Waals surface area contributed by atoms with E-state index in [9.17, 15) is 15.0 Å². The highest BCUT2D eigenvalue weighted by molar-refractivity contribution is 6.30. The van der Waals surface area contributed by atoms with E-state index < -0.39 is 5.60 Å². The lowest BCUT2D eigenvalue weighted by Crippen LogP contribution is -2.41. The van der Waals surface area contributed by atoms with E-state index >= 15 is 0 Å². The molecule has 1 fully saturated rings. The number of aliphatic hydroxyl groups excluding tert-OH is 1. The maximum absolute atomic E-state index is 12.4. The number of amides is 2. The zero-order valence-corrected chi connectivity index (χ0v) is 15.2. The summed E-state index contributed by atoms with van der Waals surface area (Å²) >= 11 is 5.89. The fraction of sp³-hybridized carbons (Fsp3) is 0.421. The van der Waals surface area contributed by atoms with E-state index in [-0.39, 0.29) is 19.2 Å². The summed E-state index contributed by atoms with van der Waals surface area (Å²) < 4.78 is 5.77. The molecule has 0 bridgehead atoms. The summed E-state index contributed by atoms with van der Waals surface area (Å²) in [5.41, 5.74) is -0.161. The van der Waals surface area contributed by atoms with Crippen molar-refractivity contribution in [1.82, 2.24) is 10.2 Å². The second-order valence-corrected chi connectivity index (χ2v) is 7.09. The van der Waals surface area contributed by atoms with E-state index in [0.29, 0.717) is 48.9 Å². The van der Waals surface area contributed by atoms with E-state index in [0.717, 1.165) is 5.56 Å². The predicted molar refractivity (Wildman–Crippen MR) is 98.8 cm³/mol. The summed E-state index contributed by atoms with van der Waals surface area (Å²) in [6.07, 6.45) is 1.53. The lowest BCUT2D eigenvalue weighted by Gasteiger charge is -2.24. The van der Waals surface area contributed by atoms with Crippen molar-refractivity contribution >= 4 is 17.6 Å². The van der Waals surface area contributed by atoms with Crippen LogP contribution in [0.2, 0.25) is 5.02 Å². The third kappa shape index (κ3) is 4.58. The number of urea groups is 1. The number of carbonyl (C=O) groups is 1. The number of hydrogen-bond acceptors (Lipinski definition) is 4. The van der Waals surface area contributed by atoms with Crippen LogP contribution in [0, 0.1) is 0 Å². The predicted octanol–water partition coefficient (Wildman–Crippen LogP) is 3.02. The molecule has 0 spiro atoms. The molecule has 1 aromatic heterocycles. The minimum Gasteiger partial charge on any atom is -0.459 e. The van der Waals surface area contributed by atoms with Gasteiger partial charge in [-0.2, -0.15) is 0 Å². The Hall–Kier alpha value is -2.02. The van der Waals surface area contributed by atoms with Crippen LogP contribution in [0.15, 0.2) is 40.8 Å². The molecular weight excluding hydrogens is 356 g/mol. The van der Waals surface area contributed by atoms with E-state index in [1.807, 2.05) is 24.3 Å². The maximum Gasteiger partial charge on any atom is 0.317 e. The highest BCUT2D eigenvalue weighted by Gasteiger charge is 2.30. The summed E-state index contributed by atoms with van der Waals surface area (Å²) in [4.78, 5) is 14.0. The number of halogens is 1. The van der Waals surface area contributed by atoms with Gasteiger partial charge in [-0.25, -0.2) is 4.79 Å². The van der Waals surface area contributed by atoms with Crippen molar-refractivity contribution in [1.29, 1.82) is 0 Å². The summed E-state index contributed by atoms with van der Waals surface area (Å²) in [6, 6.07) is 10.8. The van der Waals surface area contributed by atoms with Crippen molar-refractivity contribution in [3.05, 3.63) is 47.2 Å². The highest BCUT2D eigenvalue weighted by atomic mass is 35.5. The monoisotopic (exact) mass is 378 g/mol. The summed E-state index contributed by atoms with van der Waals surface area (Å²) in [7, 11) is 0. The van der Waals surface area contributed by atoms with Crippen LogP contribution in [0.5, 0.6) is 0 Å². The van der Waals surface area contributed by atoms with Crippen LogP contribution in [0.1, 0.15) is 25.0 Å². The normalized spacial score (nSPS) is 20.7. The van der Waals surface area contributed by atoms with Crippen LogP contribution >= 0.6 is 11.6 Å². The number of benzene rings is 1. The molecule has 3 N–H and O–H groups in total. The van der Waals surface area contributed by atoms with Crippen LogP contribution in [0.25, 0.3) is 11.3 Å². The molecular formula is C19H23ClN2O4. The molecule has 6 nitrogen and oxygen atoms in total. The SMILES string of the molecule is O=C(NCc1ccc(-c2ccc(Cl)cc2)o1)N1CCCC(O)(CO)CC1. The first-order chi connectivity index (χ1) is 12.5. The zero-order valence-electron chi connectivity index (χ0n) is 14.4. The van der Waals surface area contributed by atoms with Crippen LogP contribution in [-0.2, 0) is 6.54 Å². The van der Waals surface area contributed by atoms with Crippen LogP contribution in [0.4, 0.5) is 4.79 Å². The first-order valence-electron chi connectivity index (χ1n) is 8.70. The third-order valence-electron chi connectivity index (χ3n) is 4.70. The fourth-order valence-electron chi connectivity index (χ4n) is 3.06. The average Bonchev–Trinajstić information content (AvgIpc) is 3.03. The number of nitrogens with zero attached hydrogens (tertiary/aromatic N) is 1. The Labute approximate surface area is 157 Å². The number of rotatable bonds is 4. The van der Waals surface area contributed by atoms with Gasteiger partial charge in [0.05, 0.1) is 18.8 Å². The second kappa shape index (κ2) is 8.12. The first-order valence-corrected chi connectivity index (χ1v) is 9.08. The third-order valence-corrected chi connectivity index (χ3v) is 4.95. The number of likely N-dealkylation sites (tertiary alicyclic amines) is 1. The van der Waals surface area contributed by atoms with Crippen molar-refractivity contribution in [2.75, 3.05) is 19.7 Å². The Morgan fingerprint density at radius 3 is 2.69 bits per heavy atom. The van der Waals surface area contributed by atoms with Crippen LogP contribution in [0.3, 0.4) is 0 Å². The number of hydrogen-bond donors (Lipinski definition) is 3. The van der Waals surface area contributed by atoms with Gasteiger partial charge in [0.15, 0.2) is 0 Å². The molecule has 1 aliphatic rings. The molecule has 3 rings (SSSR count). The number of carbonyl (C=O) groups excluding carboxylic acids is 1. The number of aliphatic hydroxyl groups is 2. The van der Waals surface area contributed by atoms with Gasteiger partial charge in [0.2, 0.25) is 0 Å². The Balaban J connectivity index is 1.54. The minimum absolute atomic E-state index is 0.198. The highest BCUT2D eigenvalue weighted by Crippen LogP contribution is 2.24. The summed E-state index contributed by atoms with van der Waals surface area (Å²) in [5, 5.41) is 22.9. The number of nitrogens with one attached hydrogen (secondary N) is 1. The van der Waals surface area contributed by atoms with E-state index in [2.05, 4.69) is 5.32 Å². The molecule has 2 amide bonds. The van der Waals surface area contributed by atoms with E-state index in [4.69, 9.17) is 16.0 Å². The van der Waals surface area contributed by atoms with Crippen molar-refractivity contribution in [3.63, 3.8) is 0 Å². The van der Waals surface area contributed by atoms with Gasteiger partial charge in [-0.3, -0.25) is 0 Å². The molecule has 2 heterocycles. The topological polar surface area (TPSA) is 85.9 Å². The smallest absolute Gasteiger partial charge is 0.317 e. The van der Waals surface area contributed by atoms with Gasteiger partial charge in [-0.05, 0) is 55.7 Å². The molecule has 2 aromatic rings. The molecule has 140 valence electrons. The van der Waals surface area contributed by atoms with Crippen molar-refractivity contribution in [2.24, 2.45) is 0 Å². The largest absolute Gasteiger partial charge is 0.459 e. The minimum atomic E-state index is -1.08.